The van der Waals surface area contributed by atoms with Gasteiger partial charge in [0, 0.05) is 19.3 Å². The number of carboxylic acid groups (broad SMARTS) is 1. The molecule has 0 saturated carbocycles. The summed E-state index contributed by atoms with van der Waals surface area (Å²) in [6.07, 6.45) is 57.4. The van der Waals surface area contributed by atoms with Crippen molar-refractivity contribution >= 4 is 17.9 Å². The third kappa shape index (κ3) is 41.4. The average molecular weight is 851 g/mol. The number of carbonyl (C=O) groups is 3. The van der Waals surface area contributed by atoms with E-state index in [0.29, 0.717) is 19.3 Å². The number of ether oxygens (including phenoxy) is 3. The molecule has 2 unspecified atom stereocenters. The Morgan fingerprint density at radius 3 is 1.28 bits per heavy atom. The van der Waals surface area contributed by atoms with E-state index in [1.54, 1.807) is 0 Å². The van der Waals surface area contributed by atoms with Crippen LogP contribution in [0.1, 0.15) is 168 Å². The van der Waals surface area contributed by atoms with Crippen molar-refractivity contribution in [3.63, 3.8) is 0 Å². The van der Waals surface area contributed by atoms with Crippen molar-refractivity contribution in [3.05, 3.63) is 97.2 Å². The Hall–Kier alpha value is -3.75. The molecule has 0 bridgehead atoms. The Morgan fingerprint density at radius 1 is 0.492 bits per heavy atom. The third-order valence-electron chi connectivity index (χ3n) is 9.98. The van der Waals surface area contributed by atoms with E-state index in [0.717, 1.165) is 109 Å². The number of esters is 2. The molecule has 2 atom stereocenters. The summed E-state index contributed by atoms with van der Waals surface area (Å²) in [5.74, 6) is -1.52. The van der Waals surface area contributed by atoms with E-state index in [1.165, 1.54) is 25.7 Å². The summed E-state index contributed by atoms with van der Waals surface area (Å²) in [6.45, 7) is 4.46. The highest BCUT2D eigenvalue weighted by Gasteiger charge is 2.31. The highest BCUT2D eigenvalue weighted by Crippen LogP contribution is 2.13. The highest BCUT2D eigenvalue weighted by molar-refractivity contribution is 5.72. The summed E-state index contributed by atoms with van der Waals surface area (Å²) in [7, 11) is 5.51. The first-order valence-corrected chi connectivity index (χ1v) is 23.8. The minimum atomic E-state index is -0.885. The van der Waals surface area contributed by atoms with Gasteiger partial charge in [0.2, 0.25) is 0 Å². The zero-order valence-electron chi connectivity index (χ0n) is 39.3. The van der Waals surface area contributed by atoms with Crippen LogP contribution in [0.2, 0.25) is 0 Å². The van der Waals surface area contributed by atoms with E-state index in [1.807, 2.05) is 21.1 Å². The average Bonchev–Trinajstić information content (AvgIpc) is 3.22. The summed E-state index contributed by atoms with van der Waals surface area (Å²) in [5, 5.41) is 9.64. The van der Waals surface area contributed by atoms with Gasteiger partial charge in [-0.2, -0.15) is 0 Å². The second-order valence-corrected chi connectivity index (χ2v) is 16.6. The van der Waals surface area contributed by atoms with Crippen LogP contribution in [-0.2, 0) is 28.6 Å². The fourth-order valence-electron chi connectivity index (χ4n) is 6.37. The SMILES string of the molecule is CC/C=C/C/C=C/C/C=C/C/C=C/C/C=C/C/C=C/CCCCCCC(=O)OC(COCCC(C(=O)O)[N+](C)(C)C)COC(=O)CCCCCCCCC/C=C/C/C=C/CC. The number of likely N-dealkylation sites (N-methyl/N-ethyl adjacent to an activating group) is 1. The predicted octanol–water partition coefficient (Wildman–Crippen LogP) is 13.5. The number of quaternary nitrogens is 1. The molecule has 0 aromatic rings. The Bertz CT molecular complexity index is 1310. The van der Waals surface area contributed by atoms with Crippen LogP contribution in [0.4, 0.5) is 0 Å². The van der Waals surface area contributed by atoms with E-state index < -0.39 is 18.1 Å². The van der Waals surface area contributed by atoms with E-state index in [-0.39, 0.29) is 36.2 Å². The molecule has 0 aliphatic carbocycles. The number of allylic oxidation sites excluding steroid dienone is 16. The summed E-state index contributed by atoms with van der Waals surface area (Å²) in [6, 6.07) is -0.627. The van der Waals surface area contributed by atoms with Gasteiger partial charge in [-0.25, -0.2) is 4.79 Å². The lowest BCUT2D eigenvalue weighted by atomic mass is 10.1. The molecule has 0 aromatic heterocycles. The van der Waals surface area contributed by atoms with Gasteiger partial charge in [0.15, 0.2) is 12.1 Å². The van der Waals surface area contributed by atoms with Crippen LogP contribution in [0, 0.1) is 0 Å². The van der Waals surface area contributed by atoms with Gasteiger partial charge in [-0.05, 0) is 89.9 Å². The molecule has 0 spiro atoms. The van der Waals surface area contributed by atoms with Crippen LogP contribution in [0.5, 0.6) is 0 Å². The number of nitrogens with zero attached hydrogens (tertiary/aromatic N) is 1. The molecule has 0 radical (unpaired) electrons. The number of carboxylic acids is 1. The molecular weight excluding hydrogens is 763 g/mol. The monoisotopic (exact) mass is 851 g/mol. The fraction of sp³-hybridized carbons (Fsp3) is 0.642. The van der Waals surface area contributed by atoms with E-state index >= 15 is 0 Å². The topological polar surface area (TPSA) is 99.1 Å². The maximum Gasteiger partial charge on any atom is 0.362 e. The van der Waals surface area contributed by atoms with Gasteiger partial charge >= 0.3 is 17.9 Å². The zero-order valence-corrected chi connectivity index (χ0v) is 39.3. The number of hydrogen-bond acceptors (Lipinski definition) is 6. The molecule has 1 N–H and O–H groups in total. The molecule has 0 aromatic carbocycles. The lowest BCUT2D eigenvalue weighted by molar-refractivity contribution is -0.887. The largest absolute Gasteiger partial charge is 0.477 e. The molecule has 8 heteroatoms. The van der Waals surface area contributed by atoms with Crippen molar-refractivity contribution < 1.29 is 38.2 Å². The summed E-state index contributed by atoms with van der Waals surface area (Å²) >= 11 is 0. The summed E-state index contributed by atoms with van der Waals surface area (Å²) in [4.78, 5) is 37.1. The minimum Gasteiger partial charge on any atom is -0.477 e. The van der Waals surface area contributed by atoms with Crippen LogP contribution in [0.25, 0.3) is 0 Å². The molecule has 0 fully saturated rings. The number of unbranched alkanes of at least 4 members (excludes halogenated alkanes) is 11. The first-order valence-electron chi connectivity index (χ1n) is 23.8. The van der Waals surface area contributed by atoms with Gasteiger partial charge < -0.3 is 23.8 Å². The van der Waals surface area contributed by atoms with Crippen molar-refractivity contribution in [3.8, 4) is 0 Å². The first-order chi connectivity index (χ1) is 29.6. The number of rotatable bonds is 41. The molecule has 61 heavy (non-hydrogen) atoms. The van der Waals surface area contributed by atoms with Gasteiger partial charge in [0.25, 0.3) is 0 Å². The molecular formula is C53H88NO7+. The van der Waals surface area contributed by atoms with Crippen LogP contribution < -0.4 is 0 Å². The number of carbonyl (C=O) groups excluding carboxylic acids is 2. The van der Waals surface area contributed by atoms with Crippen LogP contribution in [0.3, 0.4) is 0 Å². The second kappa shape index (κ2) is 42.9. The maximum absolute atomic E-state index is 12.8. The fourth-order valence-corrected chi connectivity index (χ4v) is 6.37. The van der Waals surface area contributed by atoms with E-state index in [2.05, 4.69) is 111 Å². The molecule has 0 aliphatic heterocycles. The first kappa shape index (κ1) is 57.2. The zero-order chi connectivity index (χ0) is 44.9. The van der Waals surface area contributed by atoms with E-state index in [4.69, 9.17) is 14.2 Å². The molecule has 8 nitrogen and oxygen atoms in total. The molecule has 0 saturated heterocycles. The number of aliphatic carboxylic acids is 1. The summed E-state index contributed by atoms with van der Waals surface area (Å²) in [5.41, 5.74) is 0. The lowest BCUT2D eigenvalue weighted by Crippen LogP contribution is -2.50. The quantitative estimate of drug-likeness (QED) is 0.0283. The van der Waals surface area contributed by atoms with Crippen molar-refractivity contribution in [2.24, 2.45) is 0 Å². The smallest absolute Gasteiger partial charge is 0.362 e. The highest BCUT2D eigenvalue weighted by atomic mass is 16.6. The van der Waals surface area contributed by atoms with Crippen LogP contribution >= 0.6 is 0 Å². The van der Waals surface area contributed by atoms with Crippen LogP contribution in [0.15, 0.2) is 97.2 Å². The van der Waals surface area contributed by atoms with Gasteiger partial charge in [-0.3, -0.25) is 9.59 Å². The molecule has 0 aliphatic rings. The van der Waals surface area contributed by atoms with Crippen molar-refractivity contribution in [1.29, 1.82) is 0 Å². The van der Waals surface area contributed by atoms with Gasteiger partial charge in [-0.15, -0.1) is 0 Å². The Kier molecular flexibility index (Phi) is 40.3. The van der Waals surface area contributed by atoms with Gasteiger partial charge in [0.05, 0.1) is 34.4 Å². The number of hydrogen-bond donors (Lipinski definition) is 1. The molecule has 0 heterocycles. The Balaban J connectivity index is 4.37. The molecule has 0 amide bonds. The van der Waals surface area contributed by atoms with Crippen LogP contribution in [-0.4, -0.2) is 80.6 Å². The third-order valence-corrected chi connectivity index (χ3v) is 9.98. The minimum absolute atomic E-state index is 0.0418. The molecule has 346 valence electrons. The Morgan fingerprint density at radius 2 is 0.869 bits per heavy atom. The van der Waals surface area contributed by atoms with E-state index in [9.17, 15) is 19.5 Å². The van der Waals surface area contributed by atoms with Gasteiger partial charge in [-0.1, -0.05) is 156 Å². The normalized spacial score (nSPS) is 13.8. The van der Waals surface area contributed by atoms with Crippen molar-refractivity contribution in [2.75, 3.05) is 41.0 Å². The van der Waals surface area contributed by atoms with Gasteiger partial charge in [0.1, 0.15) is 6.61 Å². The standard InChI is InChI=1S/C53H87NO7/c1-6-8-10-12-14-16-18-20-22-23-24-25-26-27-28-29-30-32-34-36-38-40-42-44-52(56)61-49(47-59-46-45-50(53(57)58)54(3,4)5)48-60-51(55)43-41-39-37-35-33-31-21-19-17-15-13-11-9-7-2/h8-11,14-17,20,22,24-25,27-28,30,32,49-50H,6-7,12-13,18-19,21,23,26,29,31,33-48H2,1-5H3/p+1/b10-8+,11-9+,16-14+,17-15+,22-20+,25-24+,28-27+,32-30+. The maximum atomic E-state index is 12.8. The second-order valence-electron chi connectivity index (χ2n) is 16.6. The van der Waals surface area contributed by atoms with Crippen molar-refractivity contribution in [2.45, 2.75) is 180 Å². The Labute approximate surface area is 373 Å². The molecule has 0 rings (SSSR count). The lowest BCUT2D eigenvalue weighted by Gasteiger charge is -2.31. The predicted molar refractivity (Wildman–Crippen MR) is 256 cm³/mol. The van der Waals surface area contributed by atoms with Crippen molar-refractivity contribution in [1.82, 2.24) is 0 Å². The summed E-state index contributed by atoms with van der Waals surface area (Å²) < 4.78 is 17.3.